The van der Waals surface area contributed by atoms with Crippen LogP contribution in [0.25, 0.3) is 0 Å². The minimum absolute atomic E-state index is 0.144. The molecule has 0 aromatic carbocycles. The maximum absolute atomic E-state index is 11.8. The number of allylic oxidation sites excluding steroid dienone is 2. The molecule has 0 saturated heterocycles. The van der Waals surface area contributed by atoms with Crippen LogP contribution in [0.15, 0.2) is 12.1 Å². The maximum atomic E-state index is 11.8. The van der Waals surface area contributed by atoms with Crippen LogP contribution in [-0.4, -0.2) is 42.9 Å². The van der Waals surface area contributed by atoms with E-state index in [0.29, 0.717) is 0 Å². The van der Waals surface area contributed by atoms with Crippen LogP contribution >= 0.6 is 0 Å². The van der Waals surface area contributed by atoms with Crippen molar-refractivity contribution in [2.45, 2.75) is 46.2 Å². The third-order valence-electron chi connectivity index (χ3n) is 2.74. The number of carbonyl (C=O) groups is 2. The summed E-state index contributed by atoms with van der Waals surface area (Å²) in [6, 6.07) is -1.07. The zero-order chi connectivity index (χ0) is 17.7. The quantitative estimate of drug-likeness (QED) is 0.518. The van der Waals surface area contributed by atoms with E-state index in [1.165, 1.54) is 19.9 Å². The maximum Gasteiger partial charge on any atom is 0.302 e. The van der Waals surface area contributed by atoms with Gasteiger partial charge in [-0.15, -0.1) is 0 Å². The fraction of sp³-hybridized carbons (Fsp3) is 0.714. The van der Waals surface area contributed by atoms with Gasteiger partial charge in [-0.05, 0) is 40.2 Å². The van der Waals surface area contributed by atoms with Crippen LogP contribution in [0.1, 0.15) is 39.5 Å². The summed E-state index contributed by atoms with van der Waals surface area (Å²) in [5.74, 6) is -0.951. The van der Waals surface area contributed by atoms with E-state index in [0.717, 1.165) is 0 Å². The number of hydrogen-bond acceptors (Lipinski definition) is 4. The molecule has 0 bridgehead atoms. The molecule has 18 heavy (non-hydrogen) atoms. The first kappa shape index (κ1) is 10.7. The zero-order valence-electron chi connectivity index (χ0n) is 15.7. The molecule has 0 aromatic heterocycles. The largest absolute Gasteiger partial charge is 0.460 e. The van der Waals surface area contributed by atoms with Crippen molar-refractivity contribution in [1.82, 2.24) is 4.90 Å². The molecule has 0 radical (unpaired) electrons. The Kier molecular flexibility index (Phi) is 4.79. The van der Waals surface area contributed by atoms with Gasteiger partial charge in [0.05, 0.1) is 1.37 Å². The van der Waals surface area contributed by atoms with Gasteiger partial charge in [0.2, 0.25) is 0 Å². The predicted octanol–water partition coefficient (Wildman–Crippen LogP) is 2.04. The third-order valence-corrected chi connectivity index (χ3v) is 2.74. The highest BCUT2D eigenvalue weighted by atomic mass is 16.5. The van der Waals surface area contributed by atoms with Crippen molar-refractivity contribution in [2.75, 3.05) is 14.1 Å². The predicted molar refractivity (Wildman–Crippen MR) is 72.3 cm³/mol. The second-order valence-electron chi connectivity index (χ2n) is 4.65. The molecular formula is C14H25NO3. The molecule has 4 nitrogen and oxygen atoms in total. The SMILES string of the molecule is [2H]/C(=C\C[C@@H](C)C(OC(C)=O)[C@@H](C(C)=O)N(C)C)C([2H])([2H])[2H]. The summed E-state index contributed by atoms with van der Waals surface area (Å²) in [5, 5.41) is 0. The number of likely N-dealkylation sites (N-methyl/N-ethyl adjacent to an activating group) is 1. The number of esters is 1. The normalized spacial score (nSPS) is 21.1. The number of rotatable bonds is 7. The summed E-state index contributed by atoms with van der Waals surface area (Å²) in [7, 11) is 3.42. The molecule has 1 unspecified atom stereocenters. The Bertz CT molecular complexity index is 432. The lowest BCUT2D eigenvalue weighted by atomic mass is 9.91. The van der Waals surface area contributed by atoms with Gasteiger partial charge in [-0.3, -0.25) is 14.5 Å². The highest BCUT2D eigenvalue weighted by Crippen LogP contribution is 2.20. The molecule has 0 rings (SSSR count). The van der Waals surface area contributed by atoms with E-state index in [4.69, 9.17) is 10.2 Å². The number of Topliss-reactive ketones (excluding diaryl/α,β-unsaturated/α-hetero) is 1. The second-order valence-corrected chi connectivity index (χ2v) is 4.65. The molecule has 3 atom stereocenters. The summed E-state index contributed by atoms with van der Waals surface area (Å²) < 4.78 is 34.2. The van der Waals surface area contributed by atoms with E-state index in [2.05, 4.69) is 0 Å². The van der Waals surface area contributed by atoms with Crippen molar-refractivity contribution in [3.63, 3.8) is 0 Å². The Labute approximate surface area is 116 Å². The van der Waals surface area contributed by atoms with Gasteiger partial charge in [0, 0.05) is 11.0 Å². The first-order chi connectivity index (χ1) is 9.87. The van der Waals surface area contributed by atoms with Gasteiger partial charge in [-0.25, -0.2) is 0 Å². The Morgan fingerprint density at radius 1 is 1.44 bits per heavy atom. The van der Waals surface area contributed by atoms with E-state index in [1.807, 2.05) is 0 Å². The number of hydrogen-bond donors (Lipinski definition) is 0. The molecule has 0 spiro atoms. The van der Waals surface area contributed by atoms with Gasteiger partial charge in [0.25, 0.3) is 0 Å². The molecule has 0 aliphatic rings. The lowest BCUT2D eigenvalue weighted by Crippen LogP contribution is -2.49. The van der Waals surface area contributed by atoms with Crippen molar-refractivity contribution >= 4 is 11.8 Å². The molecular weight excluding hydrogens is 230 g/mol. The van der Waals surface area contributed by atoms with Gasteiger partial charge < -0.3 is 4.74 Å². The Hall–Kier alpha value is -1.16. The minimum Gasteiger partial charge on any atom is -0.460 e. The van der Waals surface area contributed by atoms with Crippen molar-refractivity contribution in [1.29, 1.82) is 0 Å². The van der Waals surface area contributed by atoms with E-state index in [9.17, 15) is 9.59 Å². The van der Waals surface area contributed by atoms with E-state index >= 15 is 0 Å². The van der Waals surface area contributed by atoms with Gasteiger partial charge in [-0.1, -0.05) is 19.1 Å². The lowest BCUT2D eigenvalue weighted by Gasteiger charge is -2.33. The third kappa shape index (κ3) is 5.45. The highest BCUT2D eigenvalue weighted by molar-refractivity contribution is 5.82. The molecule has 0 heterocycles. The average molecular weight is 259 g/mol. The summed E-state index contributed by atoms with van der Waals surface area (Å²) in [4.78, 5) is 24.8. The van der Waals surface area contributed by atoms with Crippen molar-refractivity contribution in [3.05, 3.63) is 12.1 Å². The minimum atomic E-state index is -2.46. The topological polar surface area (TPSA) is 46.6 Å². The fourth-order valence-corrected chi connectivity index (χ4v) is 1.95. The van der Waals surface area contributed by atoms with Crippen LogP contribution < -0.4 is 0 Å². The van der Waals surface area contributed by atoms with Crippen LogP contribution in [0, 0.1) is 5.92 Å². The first-order valence-electron chi connectivity index (χ1n) is 7.89. The van der Waals surface area contributed by atoms with E-state index in [1.54, 1.807) is 25.9 Å². The average Bonchev–Trinajstić information content (AvgIpc) is 2.31. The summed E-state index contributed by atoms with van der Waals surface area (Å²) in [5.41, 5.74) is 0. The summed E-state index contributed by atoms with van der Waals surface area (Å²) in [6.07, 6.45) is 0.819. The Morgan fingerprint density at radius 2 is 2.06 bits per heavy atom. The van der Waals surface area contributed by atoms with Crippen molar-refractivity contribution in [2.24, 2.45) is 5.92 Å². The molecule has 0 fully saturated rings. The van der Waals surface area contributed by atoms with E-state index < -0.39 is 31.0 Å². The van der Waals surface area contributed by atoms with E-state index in [-0.39, 0.29) is 18.1 Å². The summed E-state index contributed by atoms with van der Waals surface area (Å²) >= 11 is 0. The molecule has 104 valence electrons. The molecule has 0 aliphatic heterocycles. The Balaban J connectivity index is 5.26. The number of ether oxygens (including phenoxy) is 1. The van der Waals surface area contributed by atoms with Gasteiger partial charge >= 0.3 is 5.97 Å². The van der Waals surface area contributed by atoms with Crippen LogP contribution in [0.4, 0.5) is 0 Å². The Morgan fingerprint density at radius 3 is 2.44 bits per heavy atom. The number of carbonyl (C=O) groups excluding carboxylic acids is 2. The van der Waals surface area contributed by atoms with Crippen LogP contribution in [-0.2, 0) is 14.3 Å². The number of ketones is 1. The highest BCUT2D eigenvalue weighted by Gasteiger charge is 2.33. The molecule has 0 aliphatic carbocycles. The lowest BCUT2D eigenvalue weighted by molar-refractivity contribution is -0.154. The van der Waals surface area contributed by atoms with Crippen LogP contribution in [0.2, 0.25) is 0 Å². The van der Waals surface area contributed by atoms with Crippen molar-refractivity contribution in [3.8, 4) is 0 Å². The first-order valence-corrected chi connectivity index (χ1v) is 5.89. The fourth-order valence-electron chi connectivity index (χ4n) is 1.95. The zero-order valence-corrected chi connectivity index (χ0v) is 11.7. The van der Waals surface area contributed by atoms with Crippen LogP contribution in [0.3, 0.4) is 0 Å². The monoisotopic (exact) mass is 259 g/mol. The second kappa shape index (κ2) is 8.03. The van der Waals surface area contributed by atoms with Crippen LogP contribution in [0.5, 0.6) is 0 Å². The van der Waals surface area contributed by atoms with Crippen molar-refractivity contribution < 1.29 is 19.8 Å². The molecule has 0 saturated carbocycles. The smallest absolute Gasteiger partial charge is 0.302 e. The van der Waals surface area contributed by atoms with Gasteiger partial charge in [0.15, 0.2) is 5.78 Å². The number of nitrogens with zero attached hydrogens (tertiary/aromatic N) is 1. The molecule has 0 aromatic rings. The summed E-state index contributed by atoms with van der Waals surface area (Å²) in [6.45, 7) is 1.98. The molecule has 0 amide bonds. The molecule has 4 heteroatoms. The molecule has 0 N–H and O–H groups in total. The standard InChI is InChI=1S/C14H25NO3/c1-7-8-9-10(2)14(18-12(4)17)13(11(3)16)15(5)6/h7-8,10,13-14H,9H2,1-6H3/b8-7+/t10-,13-,14?/m1/s1/i1D3,7D. The van der Waals surface area contributed by atoms with Gasteiger partial charge in [0.1, 0.15) is 12.1 Å². The van der Waals surface area contributed by atoms with Gasteiger partial charge in [-0.2, -0.15) is 0 Å².